The van der Waals surface area contributed by atoms with Gasteiger partial charge in [0.1, 0.15) is 5.76 Å². The first-order valence-corrected chi connectivity index (χ1v) is 12.8. The molecule has 2 heterocycles. The van der Waals surface area contributed by atoms with E-state index in [9.17, 15) is 19.5 Å². The normalized spacial score (nSPS) is 17.1. The molecule has 2 aromatic carbocycles. The molecule has 3 aromatic rings. The van der Waals surface area contributed by atoms with Gasteiger partial charge in [0.15, 0.2) is 4.34 Å². The summed E-state index contributed by atoms with van der Waals surface area (Å²) in [6.07, 6.45) is 0. The lowest BCUT2D eigenvalue weighted by atomic mass is 9.95. The maximum atomic E-state index is 13.2. The molecule has 4 rings (SSSR count). The molecule has 1 aliphatic heterocycles. The number of anilines is 1. The number of aromatic nitrogens is 2. The fraction of sp³-hybridized carbons (Fsp3) is 0.174. The van der Waals surface area contributed by atoms with E-state index in [1.807, 2.05) is 0 Å². The maximum absolute atomic E-state index is 13.2. The highest BCUT2D eigenvalue weighted by Crippen LogP contribution is 2.44. The Morgan fingerprint density at radius 1 is 1.09 bits per heavy atom. The highest BCUT2D eigenvalue weighted by molar-refractivity contribution is 8.01. The first-order valence-electron chi connectivity index (χ1n) is 10.2. The number of aliphatic hydroxyl groups excluding tert-OH is 1. The minimum Gasteiger partial charge on any atom is -0.507 e. The number of amides is 1. The number of halogens is 2. The Hall–Kier alpha value is -2.92. The van der Waals surface area contributed by atoms with Gasteiger partial charge in [0.05, 0.1) is 24.0 Å². The summed E-state index contributed by atoms with van der Waals surface area (Å²) < 4.78 is 5.33. The van der Waals surface area contributed by atoms with Gasteiger partial charge < -0.3 is 9.84 Å². The number of nitrogens with zero attached hydrogens (tertiary/aromatic N) is 3. The van der Waals surface area contributed by atoms with E-state index in [1.54, 1.807) is 55.5 Å². The van der Waals surface area contributed by atoms with Crippen LogP contribution in [0.5, 0.6) is 0 Å². The van der Waals surface area contributed by atoms with Crippen molar-refractivity contribution in [2.75, 3.05) is 17.3 Å². The SMILES string of the molecule is CCOC(=O)CSc1nnc(N2C(=O)C(=O)/C(=C(/O)c3ccc(Cl)cc3)C2c2ccc(Cl)cc2)s1. The Balaban J connectivity index is 1.76. The van der Waals surface area contributed by atoms with Crippen molar-refractivity contribution in [2.24, 2.45) is 0 Å². The number of benzene rings is 2. The van der Waals surface area contributed by atoms with Crippen LogP contribution in [0.15, 0.2) is 58.4 Å². The first-order chi connectivity index (χ1) is 16.8. The number of hydrogen-bond acceptors (Lipinski definition) is 9. The van der Waals surface area contributed by atoms with E-state index in [4.69, 9.17) is 27.9 Å². The van der Waals surface area contributed by atoms with Crippen molar-refractivity contribution in [1.82, 2.24) is 10.2 Å². The summed E-state index contributed by atoms with van der Waals surface area (Å²) in [7, 11) is 0. The fourth-order valence-corrected chi connectivity index (χ4v) is 5.35. The zero-order valence-electron chi connectivity index (χ0n) is 18.1. The van der Waals surface area contributed by atoms with E-state index in [0.29, 0.717) is 25.5 Å². The summed E-state index contributed by atoms with van der Waals surface area (Å²) >= 11 is 14.2. The average molecular weight is 550 g/mol. The number of Topliss-reactive ketones (excluding diaryl/α,β-unsaturated/α-hetero) is 1. The minimum atomic E-state index is -0.973. The monoisotopic (exact) mass is 549 g/mol. The number of hydrogen-bond donors (Lipinski definition) is 1. The van der Waals surface area contributed by atoms with Gasteiger partial charge in [0.2, 0.25) is 5.13 Å². The van der Waals surface area contributed by atoms with E-state index in [2.05, 4.69) is 10.2 Å². The van der Waals surface area contributed by atoms with Crippen molar-refractivity contribution < 1.29 is 24.2 Å². The van der Waals surface area contributed by atoms with Crippen LogP contribution >= 0.6 is 46.3 Å². The molecule has 0 bridgehead atoms. The lowest BCUT2D eigenvalue weighted by Gasteiger charge is -2.22. The smallest absolute Gasteiger partial charge is 0.316 e. The molecule has 0 aliphatic carbocycles. The molecule has 1 aliphatic rings. The lowest BCUT2D eigenvalue weighted by molar-refractivity contribution is -0.139. The summed E-state index contributed by atoms with van der Waals surface area (Å²) in [6, 6.07) is 11.9. The van der Waals surface area contributed by atoms with E-state index in [-0.39, 0.29) is 28.8 Å². The predicted molar refractivity (Wildman–Crippen MR) is 135 cm³/mol. The van der Waals surface area contributed by atoms with Crippen LogP contribution in [0, 0.1) is 0 Å². The second-order valence-corrected chi connectivity index (χ2v) is 10.2. The van der Waals surface area contributed by atoms with Gasteiger partial charge >= 0.3 is 11.9 Å². The Labute approximate surface area is 218 Å². The molecule has 1 unspecified atom stereocenters. The van der Waals surface area contributed by atoms with Crippen molar-refractivity contribution in [1.29, 1.82) is 0 Å². The van der Waals surface area contributed by atoms with E-state index >= 15 is 0 Å². The molecule has 0 spiro atoms. The van der Waals surface area contributed by atoms with E-state index in [1.165, 1.54) is 4.90 Å². The largest absolute Gasteiger partial charge is 0.507 e. The van der Waals surface area contributed by atoms with Crippen LogP contribution in [0.1, 0.15) is 24.1 Å². The lowest BCUT2D eigenvalue weighted by Crippen LogP contribution is -2.29. The number of thioether (sulfide) groups is 1. The van der Waals surface area contributed by atoms with Gasteiger partial charge in [-0.2, -0.15) is 0 Å². The second-order valence-electron chi connectivity index (χ2n) is 7.17. The van der Waals surface area contributed by atoms with E-state index < -0.39 is 23.7 Å². The van der Waals surface area contributed by atoms with Crippen molar-refractivity contribution in [3.8, 4) is 0 Å². The topological polar surface area (TPSA) is 110 Å². The molecule has 8 nitrogen and oxygen atoms in total. The van der Waals surface area contributed by atoms with Crippen LogP contribution in [0.4, 0.5) is 5.13 Å². The van der Waals surface area contributed by atoms with Gasteiger partial charge in [-0.25, -0.2) is 0 Å². The van der Waals surface area contributed by atoms with Crippen molar-refractivity contribution in [3.05, 3.63) is 75.3 Å². The van der Waals surface area contributed by atoms with Crippen LogP contribution < -0.4 is 4.90 Å². The van der Waals surface area contributed by atoms with Crippen LogP contribution in [0.2, 0.25) is 10.0 Å². The molecule has 0 saturated carbocycles. The summed E-state index contributed by atoms with van der Waals surface area (Å²) in [5, 5.41) is 20.3. The number of carbonyl (C=O) groups excluding carboxylic acids is 3. The minimum absolute atomic E-state index is 0.0263. The summed E-state index contributed by atoms with van der Waals surface area (Å²) in [6.45, 7) is 1.98. The van der Waals surface area contributed by atoms with Crippen molar-refractivity contribution in [3.63, 3.8) is 0 Å². The molecule has 1 N–H and O–H groups in total. The highest BCUT2D eigenvalue weighted by Gasteiger charge is 2.48. The maximum Gasteiger partial charge on any atom is 0.316 e. The van der Waals surface area contributed by atoms with Gasteiger partial charge in [0, 0.05) is 15.6 Å². The standard InChI is InChI=1S/C23H17Cl2N3O5S2/c1-2-33-16(29)11-34-23-27-26-22(35-23)28-18(12-3-7-14(24)8-4-12)17(20(31)21(28)32)19(30)13-5-9-15(25)10-6-13/h3-10,18,30H,2,11H2,1H3/b19-17+. The summed E-state index contributed by atoms with van der Waals surface area (Å²) in [5.74, 6) is -2.45. The van der Waals surface area contributed by atoms with Crippen LogP contribution in [-0.2, 0) is 19.1 Å². The third-order valence-electron chi connectivity index (χ3n) is 4.97. The van der Waals surface area contributed by atoms with Gasteiger partial charge in [-0.15, -0.1) is 10.2 Å². The molecule has 0 radical (unpaired) electrons. The number of esters is 1. The Bertz CT molecular complexity index is 1310. The zero-order chi connectivity index (χ0) is 25.1. The summed E-state index contributed by atoms with van der Waals surface area (Å²) in [4.78, 5) is 39.2. The molecular formula is C23H17Cl2N3O5S2. The van der Waals surface area contributed by atoms with Crippen LogP contribution in [0.25, 0.3) is 5.76 Å². The molecule has 1 saturated heterocycles. The molecule has 180 valence electrons. The van der Waals surface area contributed by atoms with Gasteiger partial charge in [-0.1, -0.05) is 58.4 Å². The molecule has 35 heavy (non-hydrogen) atoms. The van der Waals surface area contributed by atoms with E-state index in [0.717, 1.165) is 23.1 Å². The third kappa shape index (κ3) is 5.35. The fourth-order valence-electron chi connectivity index (χ4n) is 3.44. The van der Waals surface area contributed by atoms with Crippen LogP contribution in [-0.4, -0.2) is 45.3 Å². The zero-order valence-corrected chi connectivity index (χ0v) is 21.2. The number of ketones is 1. The highest BCUT2D eigenvalue weighted by atomic mass is 35.5. The van der Waals surface area contributed by atoms with Gasteiger partial charge in [-0.05, 0) is 48.9 Å². The quantitative estimate of drug-likeness (QED) is 0.108. The van der Waals surface area contributed by atoms with Gasteiger partial charge in [0.25, 0.3) is 5.78 Å². The van der Waals surface area contributed by atoms with Crippen LogP contribution in [0.3, 0.4) is 0 Å². The predicted octanol–water partition coefficient (Wildman–Crippen LogP) is 5.13. The average Bonchev–Trinajstić information content (AvgIpc) is 3.41. The van der Waals surface area contributed by atoms with Gasteiger partial charge in [-0.3, -0.25) is 19.3 Å². The third-order valence-corrected chi connectivity index (χ3v) is 7.50. The Kier molecular flexibility index (Phi) is 7.75. The molecule has 1 aromatic heterocycles. The van der Waals surface area contributed by atoms with Crippen molar-refractivity contribution >= 4 is 74.9 Å². The summed E-state index contributed by atoms with van der Waals surface area (Å²) in [5.41, 5.74) is 0.768. The Morgan fingerprint density at radius 2 is 1.71 bits per heavy atom. The second kappa shape index (κ2) is 10.8. The Morgan fingerprint density at radius 3 is 2.34 bits per heavy atom. The molecule has 1 atom stereocenters. The number of rotatable bonds is 7. The first kappa shape index (κ1) is 25.2. The molecule has 1 fully saturated rings. The molecule has 1 amide bonds. The molecular weight excluding hydrogens is 533 g/mol. The number of carbonyl (C=O) groups is 3. The number of aliphatic hydroxyl groups is 1. The van der Waals surface area contributed by atoms with Crippen molar-refractivity contribution in [2.45, 2.75) is 17.3 Å². The molecule has 12 heteroatoms. The number of ether oxygens (including phenoxy) is 1.